The third kappa shape index (κ3) is 2.92. The second-order valence-electron chi connectivity index (χ2n) is 6.75. The molecule has 0 fully saturated rings. The number of benzene rings is 4. The van der Waals surface area contributed by atoms with Crippen LogP contribution in [-0.4, -0.2) is 4.98 Å². The van der Waals surface area contributed by atoms with Crippen LogP contribution < -0.4 is 0 Å². The van der Waals surface area contributed by atoms with E-state index in [1.807, 2.05) is 54.6 Å². The number of halogens is 2. The number of pyridine rings is 1. The third-order valence-corrected chi connectivity index (χ3v) is 5.25. The molecule has 4 aromatic carbocycles. The van der Waals surface area contributed by atoms with Crippen molar-refractivity contribution in [1.29, 1.82) is 0 Å². The Morgan fingerprint density at radius 3 is 2.21 bits per heavy atom. The number of nitrogens with zero attached hydrogens (tertiary/aromatic N) is 1. The summed E-state index contributed by atoms with van der Waals surface area (Å²) in [6, 6.07) is 28.7. The second-order valence-corrected chi connectivity index (χ2v) is 7.19. The topological polar surface area (TPSA) is 12.9 Å². The molecule has 0 saturated heterocycles. The number of hydrogen-bond donors (Lipinski definition) is 0. The highest BCUT2D eigenvalue weighted by atomic mass is 35.5. The highest BCUT2D eigenvalue weighted by Crippen LogP contribution is 2.36. The normalized spacial score (nSPS) is 11.2. The summed E-state index contributed by atoms with van der Waals surface area (Å²) < 4.78 is 13.5. The van der Waals surface area contributed by atoms with E-state index in [4.69, 9.17) is 16.6 Å². The van der Waals surface area contributed by atoms with E-state index in [9.17, 15) is 4.39 Å². The summed E-state index contributed by atoms with van der Waals surface area (Å²) in [5.74, 6) is -0.245. The molecule has 3 heteroatoms. The van der Waals surface area contributed by atoms with Crippen LogP contribution in [0.25, 0.3) is 44.1 Å². The van der Waals surface area contributed by atoms with Crippen LogP contribution >= 0.6 is 11.6 Å². The minimum atomic E-state index is -0.245. The number of fused-ring (bicyclic) bond motifs is 3. The third-order valence-electron chi connectivity index (χ3n) is 4.99. The average Bonchev–Trinajstić information content (AvgIpc) is 2.74. The summed E-state index contributed by atoms with van der Waals surface area (Å²) in [7, 11) is 0. The molecule has 0 saturated carbocycles. The van der Waals surface area contributed by atoms with Gasteiger partial charge in [0.15, 0.2) is 0 Å². The van der Waals surface area contributed by atoms with E-state index >= 15 is 0 Å². The molecule has 28 heavy (non-hydrogen) atoms. The lowest BCUT2D eigenvalue weighted by molar-refractivity contribution is 0.628. The molecule has 5 rings (SSSR count). The first-order valence-corrected chi connectivity index (χ1v) is 9.41. The van der Waals surface area contributed by atoms with Gasteiger partial charge in [-0.1, -0.05) is 66.2 Å². The smallest absolute Gasteiger partial charge is 0.123 e. The molecule has 0 aliphatic carbocycles. The van der Waals surface area contributed by atoms with Crippen LogP contribution in [0.2, 0.25) is 5.02 Å². The zero-order valence-electron chi connectivity index (χ0n) is 14.9. The lowest BCUT2D eigenvalue weighted by atomic mass is 9.94. The minimum absolute atomic E-state index is 0.245. The summed E-state index contributed by atoms with van der Waals surface area (Å²) in [6.45, 7) is 0. The summed E-state index contributed by atoms with van der Waals surface area (Å²) in [5, 5.41) is 4.05. The first kappa shape index (κ1) is 16.9. The molecular weight excluding hydrogens is 369 g/mol. The Morgan fingerprint density at radius 2 is 1.43 bits per heavy atom. The van der Waals surface area contributed by atoms with E-state index < -0.39 is 0 Å². The maximum atomic E-state index is 13.5. The molecule has 1 aromatic heterocycles. The van der Waals surface area contributed by atoms with Crippen LogP contribution in [0.5, 0.6) is 0 Å². The van der Waals surface area contributed by atoms with Crippen molar-refractivity contribution in [3.05, 3.63) is 102 Å². The van der Waals surface area contributed by atoms with Gasteiger partial charge in [0.25, 0.3) is 0 Å². The molecule has 0 aliphatic heterocycles. The number of rotatable bonds is 2. The molecule has 0 atom stereocenters. The molecule has 0 aliphatic rings. The van der Waals surface area contributed by atoms with Gasteiger partial charge in [-0.15, -0.1) is 0 Å². The lowest BCUT2D eigenvalue weighted by Gasteiger charge is -2.13. The van der Waals surface area contributed by atoms with Crippen molar-refractivity contribution >= 4 is 33.3 Å². The lowest BCUT2D eigenvalue weighted by Crippen LogP contribution is -1.91. The van der Waals surface area contributed by atoms with Gasteiger partial charge in [0.2, 0.25) is 0 Å². The van der Waals surface area contributed by atoms with Gasteiger partial charge < -0.3 is 0 Å². The summed E-state index contributed by atoms with van der Waals surface area (Å²) in [4.78, 5) is 4.91. The summed E-state index contributed by atoms with van der Waals surface area (Å²) in [5.41, 5.74) is 4.75. The Labute approximate surface area is 167 Å². The van der Waals surface area contributed by atoms with E-state index in [0.717, 1.165) is 44.1 Å². The van der Waals surface area contributed by atoms with Gasteiger partial charge in [-0.3, -0.25) is 0 Å². The van der Waals surface area contributed by atoms with Crippen LogP contribution in [0.15, 0.2) is 91.0 Å². The second kappa shape index (κ2) is 6.74. The molecule has 0 N–H and O–H groups in total. The van der Waals surface area contributed by atoms with Crippen molar-refractivity contribution in [1.82, 2.24) is 4.98 Å². The average molecular weight is 384 g/mol. The van der Waals surface area contributed by atoms with E-state index in [1.54, 1.807) is 0 Å². The van der Waals surface area contributed by atoms with Gasteiger partial charge in [-0.2, -0.15) is 0 Å². The van der Waals surface area contributed by atoms with Gasteiger partial charge in [-0.25, -0.2) is 9.37 Å². The molecule has 5 aromatic rings. The SMILES string of the molecule is Fc1ccc(-c2cc(-c3ccc(Cl)cc3)nc3ccc4ccccc4c23)cc1. The van der Waals surface area contributed by atoms with Crippen LogP contribution in [0.3, 0.4) is 0 Å². The maximum Gasteiger partial charge on any atom is 0.123 e. The van der Waals surface area contributed by atoms with Crippen molar-refractivity contribution in [3.63, 3.8) is 0 Å². The minimum Gasteiger partial charge on any atom is -0.248 e. The molecular formula is C25H15ClFN. The van der Waals surface area contributed by atoms with Gasteiger partial charge in [0.05, 0.1) is 11.2 Å². The molecule has 1 nitrogen and oxygen atoms in total. The van der Waals surface area contributed by atoms with Crippen LogP contribution in [0.4, 0.5) is 4.39 Å². The Hall–Kier alpha value is -3.23. The Bertz CT molecular complexity index is 1310. The van der Waals surface area contributed by atoms with Crippen molar-refractivity contribution < 1.29 is 4.39 Å². The largest absolute Gasteiger partial charge is 0.248 e. The van der Waals surface area contributed by atoms with Crippen LogP contribution in [-0.2, 0) is 0 Å². The predicted octanol–water partition coefficient (Wildman–Crippen LogP) is 7.51. The summed E-state index contributed by atoms with van der Waals surface area (Å²) in [6.07, 6.45) is 0. The fourth-order valence-corrected chi connectivity index (χ4v) is 3.76. The molecule has 0 bridgehead atoms. The molecule has 0 unspecified atom stereocenters. The fraction of sp³-hybridized carbons (Fsp3) is 0. The monoisotopic (exact) mass is 383 g/mol. The number of hydrogen-bond acceptors (Lipinski definition) is 1. The van der Waals surface area contributed by atoms with Crippen molar-refractivity contribution in [2.24, 2.45) is 0 Å². The highest BCUT2D eigenvalue weighted by molar-refractivity contribution is 6.30. The van der Waals surface area contributed by atoms with Gasteiger partial charge in [0.1, 0.15) is 5.82 Å². The first-order chi connectivity index (χ1) is 13.7. The highest BCUT2D eigenvalue weighted by Gasteiger charge is 2.12. The van der Waals surface area contributed by atoms with E-state index in [1.165, 1.54) is 12.1 Å². The molecule has 1 heterocycles. The van der Waals surface area contributed by atoms with Gasteiger partial charge >= 0.3 is 0 Å². The standard InChI is InChI=1S/C25H15ClFN/c26-19-10-5-18(6-11-19)24-15-22(17-7-12-20(27)13-8-17)25-21-4-2-1-3-16(21)9-14-23(25)28-24/h1-15H. The van der Waals surface area contributed by atoms with Crippen molar-refractivity contribution in [2.45, 2.75) is 0 Å². The van der Waals surface area contributed by atoms with Crippen molar-refractivity contribution in [2.75, 3.05) is 0 Å². The van der Waals surface area contributed by atoms with Crippen LogP contribution in [0, 0.1) is 5.82 Å². The van der Waals surface area contributed by atoms with E-state index in [2.05, 4.69) is 24.3 Å². The zero-order valence-corrected chi connectivity index (χ0v) is 15.6. The maximum absolute atomic E-state index is 13.5. The predicted molar refractivity (Wildman–Crippen MR) is 115 cm³/mol. The van der Waals surface area contributed by atoms with E-state index in [0.29, 0.717) is 5.02 Å². The summed E-state index contributed by atoms with van der Waals surface area (Å²) >= 11 is 6.05. The molecule has 134 valence electrons. The Kier molecular flexibility index (Phi) is 4.07. The number of aromatic nitrogens is 1. The zero-order chi connectivity index (χ0) is 19.1. The van der Waals surface area contributed by atoms with Gasteiger partial charge in [0, 0.05) is 16.0 Å². The molecule has 0 radical (unpaired) electrons. The quantitative estimate of drug-likeness (QED) is 0.287. The Balaban J connectivity index is 1.87. The van der Waals surface area contributed by atoms with E-state index in [-0.39, 0.29) is 5.82 Å². The fourth-order valence-electron chi connectivity index (χ4n) is 3.63. The molecule has 0 spiro atoms. The van der Waals surface area contributed by atoms with Gasteiger partial charge in [-0.05, 0) is 58.3 Å². The van der Waals surface area contributed by atoms with Crippen LogP contribution in [0.1, 0.15) is 0 Å². The van der Waals surface area contributed by atoms with Crippen molar-refractivity contribution in [3.8, 4) is 22.4 Å². The first-order valence-electron chi connectivity index (χ1n) is 9.03. The Morgan fingerprint density at radius 1 is 0.714 bits per heavy atom. The molecule has 0 amide bonds.